The van der Waals surface area contributed by atoms with Crippen LogP contribution in [0.3, 0.4) is 0 Å². The number of hydrogen-bond acceptors (Lipinski definition) is 5. The third-order valence-corrected chi connectivity index (χ3v) is 8.83. The van der Waals surface area contributed by atoms with Crippen molar-refractivity contribution in [2.24, 2.45) is 5.92 Å². The van der Waals surface area contributed by atoms with Crippen LogP contribution in [0, 0.1) is 17.2 Å². The van der Waals surface area contributed by atoms with Crippen molar-refractivity contribution in [3.05, 3.63) is 108 Å². The lowest BCUT2D eigenvalue weighted by molar-refractivity contribution is -0.888. The van der Waals surface area contributed by atoms with Crippen molar-refractivity contribution in [3.63, 3.8) is 0 Å². The molecule has 7 nitrogen and oxygen atoms in total. The van der Waals surface area contributed by atoms with Crippen LogP contribution in [0.2, 0.25) is 0 Å². The summed E-state index contributed by atoms with van der Waals surface area (Å²) >= 11 is 0. The van der Waals surface area contributed by atoms with Crippen LogP contribution in [0.25, 0.3) is 0 Å². The summed E-state index contributed by atoms with van der Waals surface area (Å²) in [5.41, 5.74) is 3.86. The number of carbonyl (C=O) groups excluding carboxylic acids is 1. The van der Waals surface area contributed by atoms with E-state index in [0.717, 1.165) is 80.3 Å². The summed E-state index contributed by atoms with van der Waals surface area (Å²) in [6.07, 6.45) is 8.51. The van der Waals surface area contributed by atoms with Gasteiger partial charge in [0.2, 0.25) is 0 Å². The van der Waals surface area contributed by atoms with Crippen molar-refractivity contribution in [1.29, 1.82) is 5.26 Å². The summed E-state index contributed by atoms with van der Waals surface area (Å²) in [6.45, 7) is 2.98. The lowest BCUT2D eigenvalue weighted by Gasteiger charge is -2.48. The SMILES string of the molecule is N#Cc1ccc(CC(c2cnc[nH]2)[N+]2(C(=O)C3CCCC3)CCN(c3cccc(Oc4ccccc4)c3)CC2)cc1. The summed E-state index contributed by atoms with van der Waals surface area (Å²) in [4.78, 5) is 24.6. The van der Waals surface area contributed by atoms with Crippen molar-refractivity contribution < 1.29 is 14.0 Å². The smallest absolute Gasteiger partial charge is 0.317 e. The summed E-state index contributed by atoms with van der Waals surface area (Å²) in [5, 5.41) is 9.29. The Balaban J connectivity index is 1.29. The van der Waals surface area contributed by atoms with Gasteiger partial charge in [-0.25, -0.2) is 14.3 Å². The van der Waals surface area contributed by atoms with E-state index in [1.807, 2.05) is 72.9 Å². The molecule has 2 fully saturated rings. The molecule has 7 heteroatoms. The van der Waals surface area contributed by atoms with Crippen molar-refractivity contribution in [2.45, 2.75) is 38.1 Å². The van der Waals surface area contributed by atoms with E-state index in [1.54, 1.807) is 6.33 Å². The number of benzene rings is 3. The Morgan fingerprint density at radius 3 is 2.41 bits per heavy atom. The molecule has 6 rings (SSSR count). The molecule has 1 aliphatic heterocycles. The fourth-order valence-electron chi connectivity index (χ4n) is 6.61. The highest BCUT2D eigenvalue weighted by Crippen LogP contribution is 2.39. The third kappa shape index (κ3) is 5.75. The van der Waals surface area contributed by atoms with Gasteiger partial charge in [0.1, 0.15) is 30.6 Å². The van der Waals surface area contributed by atoms with Crippen LogP contribution in [0.1, 0.15) is 48.5 Å². The second-order valence-corrected chi connectivity index (χ2v) is 11.2. The monoisotopic (exact) mass is 546 g/mol. The molecule has 0 radical (unpaired) electrons. The first-order valence-corrected chi connectivity index (χ1v) is 14.6. The number of quaternary nitrogens is 1. The molecule has 1 saturated carbocycles. The fourth-order valence-corrected chi connectivity index (χ4v) is 6.61. The quantitative estimate of drug-likeness (QED) is 0.258. The molecule has 1 aromatic heterocycles. The molecule has 1 unspecified atom stereocenters. The molecule has 3 aromatic carbocycles. The fraction of sp³-hybridized carbons (Fsp3) is 0.324. The Morgan fingerprint density at radius 1 is 1.00 bits per heavy atom. The summed E-state index contributed by atoms with van der Waals surface area (Å²) in [7, 11) is 0. The average Bonchev–Trinajstić information content (AvgIpc) is 3.76. The zero-order valence-electron chi connectivity index (χ0n) is 23.3. The molecule has 0 bridgehead atoms. The highest BCUT2D eigenvalue weighted by atomic mass is 16.5. The number of rotatable bonds is 8. The number of nitriles is 1. The third-order valence-electron chi connectivity index (χ3n) is 8.83. The van der Waals surface area contributed by atoms with Gasteiger partial charge < -0.3 is 14.6 Å². The van der Waals surface area contributed by atoms with E-state index >= 15 is 0 Å². The van der Waals surface area contributed by atoms with Gasteiger partial charge in [-0.3, -0.25) is 0 Å². The van der Waals surface area contributed by atoms with Crippen molar-refractivity contribution in [2.75, 3.05) is 31.1 Å². The molecule has 41 heavy (non-hydrogen) atoms. The van der Waals surface area contributed by atoms with Crippen molar-refractivity contribution in [1.82, 2.24) is 9.97 Å². The molecule has 1 atom stereocenters. The van der Waals surface area contributed by atoms with Gasteiger partial charge in [0.05, 0.1) is 48.9 Å². The number of amides is 1. The van der Waals surface area contributed by atoms with Crippen LogP contribution in [-0.4, -0.2) is 46.5 Å². The maximum atomic E-state index is 14.5. The predicted molar refractivity (Wildman–Crippen MR) is 158 cm³/mol. The summed E-state index contributed by atoms with van der Waals surface area (Å²) < 4.78 is 6.53. The van der Waals surface area contributed by atoms with Crippen LogP contribution >= 0.6 is 0 Å². The van der Waals surface area contributed by atoms with E-state index in [0.29, 0.717) is 22.4 Å². The number of ether oxygens (including phenoxy) is 1. The Kier molecular flexibility index (Phi) is 7.84. The lowest BCUT2D eigenvalue weighted by Crippen LogP contribution is -2.65. The Morgan fingerprint density at radius 2 is 1.73 bits per heavy atom. The molecule has 1 amide bonds. The number of para-hydroxylation sites is 1. The van der Waals surface area contributed by atoms with Gasteiger partial charge in [-0.15, -0.1) is 0 Å². The molecule has 0 spiro atoms. The second-order valence-electron chi connectivity index (χ2n) is 11.2. The van der Waals surface area contributed by atoms with Crippen molar-refractivity contribution in [3.8, 4) is 17.6 Å². The van der Waals surface area contributed by atoms with Gasteiger partial charge in [-0.2, -0.15) is 5.26 Å². The van der Waals surface area contributed by atoms with Crippen LogP contribution in [0.4, 0.5) is 5.69 Å². The maximum Gasteiger partial charge on any atom is 0.317 e. The molecule has 208 valence electrons. The molecule has 1 aliphatic carbocycles. The number of piperazine rings is 1. The molecule has 1 N–H and O–H groups in total. The normalized spacial score (nSPS) is 17.6. The highest BCUT2D eigenvalue weighted by molar-refractivity contribution is 5.73. The minimum atomic E-state index is -0.0755. The first-order chi connectivity index (χ1) is 20.1. The van der Waals surface area contributed by atoms with E-state index < -0.39 is 0 Å². The number of aromatic amines is 1. The van der Waals surface area contributed by atoms with Crippen LogP contribution < -0.4 is 9.64 Å². The largest absolute Gasteiger partial charge is 0.457 e. The Labute approximate surface area is 241 Å². The van der Waals surface area contributed by atoms with Gasteiger partial charge in [0, 0.05) is 18.2 Å². The summed E-state index contributed by atoms with van der Waals surface area (Å²) in [6, 6.07) is 28.0. The van der Waals surface area contributed by atoms with Gasteiger partial charge in [0.15, 0.2) is 0 Å². The first-order valence-electron chi connectivity index (χ1n) is 14.6. The number of carbonyl (C=O) groups is 1. The predicted octanol–water partition coefficient (Wildman–Crippen LogP) is 6.41. The summed E-state index contributed by atoms with van der Waals surface area (Å²) in [5.74, 6) is 2.09. The first kappa shape index (κ1) is 26.8. The molecule has 2 heterocycles. The van der Waals surface area contributed by atoms with Crippen LogP contribution in [0.5, 0.6) is 11.5 Å². The van der Waals surface area contributed by atoms with Crippen LogP contribution in [-0.2, 0) is 11.2 Å². The molecule has 2 aliphatic rings. The van der Waals surface area contributed by atoms with Crippen molar-refractivity contribution >= 4 is 11.6 Å². The van der Waals surface area contributed by atoms with E-state index in [-0.39, 0.29) is 12.0 Å². The van der Waals surface area contributed by atoms with Gasteiger partial charge in [0.25, 0.3) is 0 Å². The van der Waals surface area contributed by atoms with E-state index in [4.69, 9.17) is 4.74 Å². The Bertz CT molecular complexity index is 1480. The number of hydrogen-bond donors (Lipinski definition) is 1. The number of nitrogens with zero attached hydrogens (tertiary/aromatic N) is 4. The standard InChI is InChI=1S/C34H36N5O2/c35-23-27-15-13-26(14-16-27)21-33(32-24-36-25-37-32)39(34(40)28-7-4-5-8-28)19-17-38(18-20-39)29-9-6-12-31(22-29)41-30-10-2-1-3-11-30/h1-3,6,9-16,22,24-25,28,33H,4-5,7-8,17-21H2,(H,36,37)/q+1. The van der Waals surface area contributed by atoms with E-state index in [1.165, 1.54) is 0 Å². The number of anilines is 1. The van der Waals surface area contributed by atoms with Crippen LogP contribution in [0.15, 0.2) is 91.4 Å². The van der Waals surface area contributed by atoms with Gasteiger partial charge in [-0.1, -0.05) is 49.2 Å². The highest BCUT2D eigenvalue weighted by Gasteiger charge is 2.50. The number of nitrogens with one attached hydrogen (secondary N) is 1. The second kappa shape index (κ2) is 12.0. The van der Waals surface area contributed by atoms with E-state index in [9.17, 15) is 10.1 Å². The zero-order valence-corrected chi connectivity index (χ0v) is 23.3. The maximum absolute atomic E-state index is 14.5. The molecular formula is C34H36N5O2+. The zero-order chi connectivity index (χ0) is 28.1. The minimum Gasteiger partial charge on any atom is -0.457 e. The minimum absolute atomic E-state index is 0.0755. The number of H-pyrrole nitrogens is 1. The average molecular weight is 547 g/mol. The molecule has 4 aromatic rings. The number of aromatic nitrogens is 2. The van der Waals surface area contributed by atoms with E-state index in [2.05, 4.69) is 33.1 Å². The topological polar surface area (TPSA) is 82.0 Å². The molecular weight excluding hydrogens is 510 g/mol. The lowest BCUT2D eigenvalue weighted by atomic mass is 9.93. The number of imidazole rings is 1. The molecule has 1 saturated heterocycles. The van der Waals surface area contributed by atoms with Gasteiger partial charge >= 0.3 is 5.91 Å². The Hall–Kier alpha value is -4.41. The van der Waals surface area contributed by atoms with Gasteiger partial charge in [-0.05, 0) is 54.8 Å².